The Morgan fingerprint density at radius 1 is 1.18 bits per heavy atom. The minimum Gasteiger partial charge on any atom is -0.314 e. The Hall–Kier alpha value is -0.480. The summed E-state index contributed by atoms with van der Waals surface area (Å²) in [6.45, 7) is 5.93. The number of hydrogen-bond acceptors (Lipinski definition) is 1. The van der Waals surface area contributed by atoms with Gasteiger partial charge in [0.15, 0.2) is 0 Å². The second kappa shape index (κ2) is 5.91. The zero-order valence-electron chi connectivity index (χ0n) is 11.4. The number of rotatable bonds is 5. The first-order valence-corrected chi connectivity index (χ1v) is 7.37. The van der Waals surface area contributed by atoms with Gasteiger partial charge in [-0.3, -0.25) is 0 Å². The molecule has 0 spiro atoms. The van der Waals surface area contributed by atoms with E-state index in [9.17, 15) is 0 Å². The highest BCUT2D eigenvalue weighted by Crippen LogP contribution is 2.39. The van der Waals surface area contributed by atoms with Crippen molar-refractivity contribution in [3.63, 3.8) is 0 Å². The Morgan fingerprint density at radius 3 is 2.53 bits per heavy atom. The molecule has 0 saturated heterocycles. The van der Waals surface area contributed by atoms with E-state index in [1.807, 2.05) is 0 Å². The van der Waals surface area contributed by atoms with E-state index in [-0.39, 0.29) is 0 Å². The Balaban J connectivity index is 1.84. The molecular weight excluding hydrogens is 206 g/mol. The van der Waals surface area contributed by atoms with Crippen LogP contribution < -0.4 is 5.32 Å². The summed E-state index contributed by atoms with van der Waals surface area (Å²) in [6.07, 6.45) is 13.5. The highest BCUT2D eigenvalue weighted by atomic mass is 14.9. The summed E-state index contributed by atoms with van der Waals surface area (Å²) < 4.78 is 0. The molecule has 2 fully saturated rings. The van der Waals surface area contributed by atoms with Crippen LogP contribution in [0.15, 0.2) is 0 Å². The summed E-state index contributed by atoms with van der Waals surface area (Å²) in [4.78, 5) is 0. The van der Waals surface area contributed by atoms with Crippen molar-refractivity contribution in [1.29, 1.82) is 0 Å². The van der Waals surface area contributed by atoms with Gasteiger partial charge in [-0.05, 0) is 62.3 Å². The molecule has 2 aliphatic rings. The Morgan fingerprint density at radius 2 is 1.94 bits per heavy atom. The molecule has 0 radical (unpaired) electrons. The highest BCUT2D eigenvalue weighted by Gasteiger charge is 2.32. The van der Waals surface area contributed by atoms with Crippen LogP contribution in [0.3, 0.4) is 0 Å². The van der Waals surface area contributed by atoms with Crippen molar-refractivity contribution in [2.24, 2.45) is 23.7 Å². The molecule has 0 aromatic heterocycles. The summed E-state index contributed by atoms with van der Waals surface area (Å²) in [7, 11) is 0. The van der Waals surface area contributed by atoms with Gasteiger partial charge < -0.3 is 5.32 Å². The van der Waals surface area contributed by atoms with Gasteiger partial charge in [0.2, 0.25) is 0 Å². The third kappa shape index (κ3) is 3.75. The number of hydrogen-bond donors (Lipinski definition) is 1. The van der Waals surface area contributed by atoms with Crippen molar-refractivity contribution in [2.75, 3.05) is 6.54 Å². The van der Waals surface area contributed by atoms with Crippen molar-refractivity contribution >= 4 is 0 Å². The van der Waals surface area contributed by atoms with Crippen molar-refractivity contribution in [2.45, 2.75) is 58.4 Å². The van der Waals surface area contributed by atoms with Gasteiger partial charge in [0.05, 0.1) is 0 Å². The maximum atomic E-state index is 5.54. The predicted molar refractivity (Wildman–Crippen MR) is 73.6 cm³/mol. The SMILES string of the molecule is C#CCC1CC(C(C)C)CCC1CNC1CC1. The minimum absolute atomic E-state index is 0.771. The lowest BCUT2D eigenvalue weighted by Crippen LogP contribution is -2.35. The summed E-state index contributed by atoms with van der Waals surface area (Å²) in [6, 6.07) is 0.837. The first-order valence-electron chi connectivity index (χ1n) is 7.37. The van der Waals surface area contributed by atoms with Crippen LogP contribution >= 0.6 is 0 Å². The molecule has 0 aromatic rings. The van der Waals surface area contributed by atoms with Gasteiger partial charge in [0, 0.05) is 12.5 Å². The van der Waals surface area contributed by atoms with E-state index in [0.717, 1.165) is 36.1 Å². The quantitative estimate of drug-likeness (QED) is 0.717. The topological polar surface area (TPSA) is 12.0 Å². The molecule has 3 atom stereocenters. The Bertz CT molecular complexity index is 272. The molecule has 2 aliphatic carbocycles. The number of terminal acetylenes is 1. The van der Waals surface area contributed by atoms with Crippen LogP contribution in [-0.4, -0.2) is 12.6 Å². The summed E-state index contributed by atoms with van der Waals surface area (Å²) >= 11 is 0. The molecule has 96 valence electrons. The average molecular weight is 233 g/mol. The predicted octanol–water partition coefficient (Wildman–Crippen LogP) is 3.45. The van der Waals surface area contributed by atoms with E-state index < -0.39 is 0 Å². The molecule has 1 nitrogen and oxygen atoms in total. The molecule has 2 rings (SSSR count). The van der Waals surface area contributed by atoms with E-state index in [0.29, 0.717) is 0 Å². The molecule has 17 heavy (non-hydrogen) atoms. The molecule has 0 heterocycles. The van der Waals surface area contributed by atoms with Crippen molar-refractivity contribution in [3.8, 4) is 12.3 Å². The van der Waals surface area contributed by atoms with Gasteiger partial charge in [-0.15, -0.1) is 12.3 Å². The summed E-state index contributed by atoms with van der Waals surface area (Å²) in [5, 5.41) is 3.69. The Labute approximate surface area is 107 Å². The monoisotopic (exact) mass is 233 g/mol. The fourth-order valence-corrected chi connectivity index (χ4v) is 3.24. The van der Waals surface area contributed by atoms with Crippen LogP contribution in [0, 0.1) is 36.0 Å². The van der Waals surface area contributed by atoms with Crippen LogP contribution in [-0.2, 0) is 0 Å². The van der Waals surface area contributed by atoms with E-state index >= 15 is 0 Å². The lowest BCUT2D eigenvalue weighted by Gasteiger charge is -2.37. The zero-order chi connectivity index (χ0) is 12.3. The first kappa shape index (κ1) is 13.0. The van der Waals surface area contributed by atoms with Gasteiger partial charge in [-0.1, -0.05) is 13.8 Å². The smallest absolute Gasteiger partial charge is 0.0118 e. The summed E-state index contributed by atoms with van der Waals surface area (Å²) in [5.74, 6) is 6.24. The molecule has 1 heteroatoms. The van der Waals surface area contributed by atoms with Crippen molar-refractivity contribution in [3.05, 3.63) is 0 Å². The molecule has 2 saturated carbocycles. The van der Waals surface area contributed by atoms with Crippen molar-refractivity contribution in [1.82, 2.24) is 5.32 Å². The van der Waals surface area contributed by atoms with Crippen LogP contribution in [0.5, 0.6) is 0 Å². The molecule has 0 aliphatic heterocycles. The van der Waals surface area contributed by atoms with E-state index in [1.165, 1.54) is 38.6 Å². The average Bonchev–Trinajstić information content (AvgIpc) is 3.11. The largest absolute Gasteiger partial charge is 0.314 e. The fraction of sp³-hybridized carbons (Fsp3) is 0.875. The van der Waals surface area contributed by atoms with Crippen LogP contribution in [0.1, 0.15) is 52.4 Å². The first-order chi connectivity index (χ1) is 8.20. The second-order valence-corrected chi connectivity index (χ2v) is 6.43. The van der Waals surface area contributed by atoms with Crippen LogP contribution in [0.2, 0.25) is 0 Å². The van der Waals surface area contributed by atoms with Gasteiger partial charge >= 0.3 is 0 Å². The molecule has 0 aromatic carbocycles. The minimum atomic E-state index is 0.771. The van der Waals surface area contributed by atoms with Crippen molar-refractivity contribution < 1.29 is 0 Å². The van der Waals surface area contributed by atoms with Crippen LogP contribution in [0.4, 0.5) is 0 Å². The lowest BCUT2D eigenvalue weighted by atomic mass is 9.69. The highest BCUT2D eigenvalue weighted by molar-refractivity contribution is 4.93. The normalized spacial score (nSPS) is 33.6. The Kier molecular flexibility index (Phi) is 4.51. The third-order valence-electron chi connectivity index (χ3n) is 4.75. The van der Waals surface area contributed by atoms with E-state index in [4.69, 9.17) is 6.42 Å². The van der Waals surface area contributed by atoms with Gasteiger partial charge in [0.1, 0.15) is 0 Å². The summed E-state index contributed by atoms with van der Waals surface area (Å²) in [5.41, 5.74) is 0. The fourth-order valence-electron chi connectivity index (χ4n) is 3.24. The van der Waals surface area contributed by atoms with Crippen LogP contribution in [0.25, 0.3) is 0 Å². The molecular formula is C16H27N. The second-order valence-electron chi connectivity index (χ2n) is 6.43. The van der Waals surface area contributed by atoms with E-state index in [2.05, 4.69) is 25.1 Å². The number of nitrogens with one attached hydrogen (secondary N) is 1. The van der Waals surface area contributed by atoms with Gasteiger partial charge in [-0.25, -0.2) is 0 Å². The molecule has 1 N–H and O–H groups in total. The molecule has 0 amide bonds. The third-order valence-corrected chi connectivity index (χ3v) is 4.75. The zero-order valence-corrected chi connectivity index (χ0v) is 11.4. The lowest BCUT2D eigenvalue weighted by molar-refractivity contribution is 0.147. The van der Waals surface area contributed by atoms with E-state index in [1.54, 1.807) is 0 Å². The van der Waals surface area contributed by atoms with Gasteiger partial charge in [0.25, 0.3) is 0 Å². The van der Waals surface area contributed by atoms with Gasteiger partial charge in [-0.2, -0.15) is 0 Å². The maximum Gasteiger partial charge on any atom is 0.0118 e. The molecule has 0 bridgehead atoms. The maximum absolute atomic E-state index is 5.54. The molecule has 3 unspecified atom stereocenters. The standard InChI is InChI=1S/C16H27N/c1-4-5-14-10-13(12(2)3)6-7-15(14)11-17-16-8-9-16/h1,12-17H,5-11H2,2-3H3.